The molecular weight excluding hydrogens is 612 g/mol. The van der Waals surface area contributed by atoms with E-state index < -0.39 is 35.7 Å². The van der Waals surface area contributed by atoms with Crippen LogP contribution in [0.3, 0.4) is 0 Å². The number of carboxylic acids is 2. The van der Waals surface area contributed by atoms with E-state index in [-0.39, 0.29) is 52.3 Å². The highest BCUT2D eigenvalue weighted by molar-refractivity contribution is 6.10. The summed E-state index contributed by atoms with van der Waals surface area (Å²) in [7, 11) is 7.13. The maximum Gasteiger partial charge on any atom is 0.339 e. The number of carbonyl (C=O) groups is 6. The molecular formula is C33H36N4O10. The Morgan fingerprint density at radius 1 is 0.617 bits per heavy atom. The van der Waals surface area contributed by atoms with E-state index in [4.69, 9.17) is 9.47 Å². The van der Waals surface area contributed by atoms with Crippen LogP contribution in [0.1, 0.15) is 67.7 Å². The molecule has 0 aliphatic carbocycles. The van der Waals surface area contributed by atoms with Crippen LogP contribution >= 0.6 is 0 Å². The van der Waals surface area contributed by atoms with Crippen LogP contribution in [0, 0.1) is 6.92 Å². The number of hydrogen-bond donors (Lipinski definition) is 4. The van der Waals surface area contributed by atoms with Gasteiger partial charge in [0.15, 0.2) is 0 Å². The minimum Gasteiger partial charge on any atom is -0.478 e. The third kappa shape index (κ3) is 9.94. The zero-order valence-corrected chi connectivity index (χ0v) is 26.6. The molecule has 0 unspecified atom stereocenters. The first kappa shape index (κ1) is 35.9. The fourth-order valence-electron chi connectivity index (χ4n) is 4.11. The van der Waals surface area contributed by atoms with Crippen LogP contribution in [-0.4, -0.2) is 110 Å². The van der Waals surface area contributed by atoms with E-state index in [0.29, 0.717) is 24.3 Å². The molecule has 0 heterocycles. The van der Waals surface area contributed by atoms with Crippen LogP contribution in [0.4, 0.5) is 11.4 Å². The molecule has 0 saturated heterocycles. The molecule has 0 aliphatic rings. The van der Waals surface area contributed by atoms with E-state index in [1.54, 1.807) is 57.0 Å². The van der Waals surface area contributed by atoms with Crippen LogP contribution in [0.5, 0.6) is 0 Å². The van der Waals surface area contributed by atoms with Gasteiger partial charge in [0.1, 0.15) is 13.2 Å². The normalized spacial score (nSPS) is 10.8. The summed E-state index contributed by atoms with van der Waals surface area (Å²) in [5, 5.41) is 24.4. The smallest absolute Gasteiger partial charge is 0.339 e. The van der Waals surface area contributed by atoms with Crippen molar-refractivity contribution in [3.63, 3.8) is 0 Å². The predicted molar refractivity (Wildman–Crippen MR) is 172 cm³/mol. The number of esters is 2. The zero-order chi connectivity index (χ0) is 34.8. The highest BCUT2D eigenvalue weighted by Crippen LogP contribution is 2.23. The van der Waals surface area contributed by atoms with Gasteiger partial charge in [-0.15, -0.1) is 0 Å². The van der Waals surface area contributed by atoms with E-state index in [1.165, 1.54) is 18.2 Å². The summed E-state index contributed by atoms with van der Waals surface area (Å²) in [6.07, 6.45) is 0. The SMILES string of the molecule is Cc1ccc(NC(=O)c2ccc(C(=O)O)c(C(=O)OCCN(C)C)c2)cc1NC(=O)c1ccc(C(=O)O)c(C(=O)OCCN(C)C)c1. The average molecular weight is 649 g/mol. The lowest BCUT2D eigenvalue weighted by Gasteiger charge is -2.14. The molecule has 0 saturated carbocycles. The molecule has 0 radical (unpaired) electrons. The van der Waals surface area contributed by atoms with Crippen molar-refractivity contribution in [2.45, 2.75) is 6.92 Å². The Kier molecular flexibility index (Phi) is 12.3. The van der Waals surface area contributed by atoms with Gasteiger partial charge in [-0.3, -0.25) is 9.59 Å². The third-order valence-electron chi connectivity index (χ3n) is 6.75. The number of carboxylic acid groups (broad SMARTS) is 2. The summed E-state index contributed by atoms with van der Waals surface area (Å²) in [6, 6.07) is 11.8. The molecule has 47 heavy (non-hydrogen) atoms. The van der Waals surface area contributed by atoms with E-state index >= 15 is 0 Å². The maximum absolute atomic E-state index is 13.2. The number of nitrogens with one attached hydrogen (secondary N) is 2. The standard InChI is InChI=1S/C33H36N4O10/c1-19-6-9-22(34-28(38)20-7-10-23(30(40)41)25(16-20)32(44)46-14-12-36(2)3)18-27(19)35-29(39)21-8-11-24(31(42)43)26(17-21)33(45)47-15-13-37(4)5/h6-11,16-18H,12-15H2,1-5H3,(H,34,38)(H,35,39)(H,40,41)(H,42,43). The number of aryl methyl sites for hydroxylation is 1. The first-order valence-electron chi connectivity index (χ1n) is 14.3. The van der Waals surface area contributed by atoms with Gasteiger partial charge in [0.05, 0.1) is 22.3 Å². The Morgan fingerprint density at radius 2 is 1.06 bits per heavy atom. The number of hydrogen-bond acceptors (Lipinski definition) is 10. The van der Waals surface area contributed by atoms with Crippen molar-refractivity contribution in [3.8, 4) is 0 Å². The number of nitrogens with zero attached hydrogens (tertiary/aromatic N) is 2. The van der Waals surface area contributed by atoms with Gasteiger partial charge >= 0.3 is 23.9 Å². The number of anilines is 2. The molecule has 0 bridgehead atoms. The molecule has 248 valence electrons. The fraction of sp³-hybridized carbons (Fsp3) is 0.273. The summed E-state index contributed by atoms with van der Waals surface area (Å²) in [5.41, 5.74) is -0.0354. The van der Waals surface area contributed by atoms with Gasteiger partial charge in [-0.25, -0.2) is 19.2 Å². The van der Waals surface area contributed by atoms with Gasteiger partial charge in [0, 0.05) is 35.6 Å². The average Bonchev–Trinajstić information content (AvgIpc) is 3.01. The number of aromatic carboxylic acids is 2. The largest absolute Gasteiger partial charge is 0.478 e. The molecule has 0 aromatic heterocycles. The molecule has 4 N–H and O–H groups in total. The Labute approximate surface area is 270 Å². The molecule has 3 aromatic carbocycles. The van der Waals surface area contributed by atoms with E-state index in [9.17, 15) is 39.0 Å². The van der Waals surface area contributed by atoms with Crippen LogP contribution in [0.2, 0.25) is 0 Å². The summed E-state index contributed by atoms with van der Waals surface area (Å²) in [5.74, 6) is -5.81. The van der Waals surface area contributed by atoms with Crippen molar-refractivity contribution in [3.05, 3.63) is 93.5 Å². The van der Waals surface area contributed by atoms with Crippen LogP contribution in [0.25, 0.3) is 0 Å². The van der Waals surface area contributed by atoms with Gasteiger partial charge in [0.25, 0.3) is 11.8 Å². The second kappa shape index (κ2) is 16.1. The second-order valence-electron chi connectivity index (χ2n) is 10.9. The highest BCUT2D eigenvalue weighted by Gasteiger charge is 2.22. The molecule has 0 spiro atoms. The lowest BCUT2D eigenvalue weighted by molar-refractivity contribution is 0.0466. The van der Waals surface area contributed by atoms with Crippen molar-refractivity contribution in [1.82, 2.24) is 9.80 Å². The summed E-state index contributed by atoms with van der Waals surface area (Å²) in [4.78, 5) is 78.6. The molecule has 2 amide bonds. The zero-order valence-electron chi connectivity index (χ0n) is 26.6. The van der Waals surface area contributed by atoms with Crippen molar-refractivity contribution in [1.29, 1.82) is 0 Å². The van der Waals surface area contributed by atoms with Crippen LogP contribution < -0.4 is 10.6 Å². The molecule has 14 nitrogen and oxygen atoms in total. The maximum atomic E-state index is 13.2. The Morgan fingerprint density at radius 3 is 1.49 bits per heavy atom. The van der Waals surface area contributed by atoms with Crippen molar-refractivity contribution in [2.24, 2.45) is 0 Å². The van der Waals surface area contributed by atoms with Crippen molar-refractivity contribution in [2.75, 3.05) is 65.1 Å². The second-order valence-corrected chi connectivity index (χ2v) is 10.9. The van der Waals surface area contributed by atoms with Crippen LogP contribution in [-0.2, 0) is 9.47 Å². The monoisotopic (exact) mass is 648 g/mol. The number of benzene rings is 3. The highest BCUT2D eigenvalue weighted by atomic mass is 16.5. The lowest BCUT2D eigenvalue weighted by atomic mass is 10.0. The van der Waals surface area contributed by atoms with Gasteiger partial charge < -0.3 is 40.1 Å². The first-order valence-corrected chi connectivity index (χ1v) is 14.3. The Hall–Kier alpha value is -5.60. The van der Waals surface area contributed by atoms with Gasteiger partial charge in [-0.1, -0.05) is 6.07 Å². The minimum absolute atomic E-state index is 0.00749. The number of rotatable bonds is 14. The predicted octanol–water partition coefficient (Wildman–Crippen LogP) is 3.33. The molecule has 0 fully saturated rings. The summed E-state index contributed by atoms with van der Waals surface area (Å²) >= 11 is 0. The quantitative estimate of drug-likeness (QED) is 0.187. The van der Waals surface area contributed by atoms with Gasteiger partial charge in [0.2, 0.25) is 0 Å². The van der Waals surface area contributed by atoms with E-state index in [0.717, 1.165) is 24.3 Å². The van der Waals surface area contributed by atoms with Crippen LogP contribution in [0.15, 0.2) is 54.6 Å². The molecule has 0 atom stereocenters. The number of likely N-dealkylation sites (N-methyl/N-ethyl adjacent to an activating group) is 2. The molecule has 3 rings (SSSR count). The number of amides is 2. The first-order chi connectivity index (χ1) is 22.2. The topological polar surface area (TPSA) is 192 Å². The molecule has 0 aliphatic heterocycles. The van der Waals surface area contributed by atoms with E-state index in [1.807, 2.05) is 0 Å². The molecule has 3 aromatic rings. The number of carbonyl (C=O) groups excluding carboxylic acids is 4. The fourth-order valence-corrected chi connectivity index (χ4v) is 4.11. The lowest BCUT2D eigenvalue weighted by Crippen LogP contribution is -2.22. The third-order valence-corrected chi connectivity index (χ3v) is 6.75. The summed E-state index contributed by atoms with van der Waals surface area (Å²) < 4.78 is 10.4. The Bertz CT molecular complexity index is 1700. The van der Waals surface area contributed by atoms with Gasteiger partial charge in [-0.2, -0.15) is 0 Å². The summed E-state index contributed by atoms with van der Waals surface area (Å²) in [6.45, 7) is 2.58. The van der Waals surface area contributed by atoms with E-state index in [2.05, 4.69) is 10.6 Å². The number of ether oxygens (including phenoxy) is 2. The van der Waals surface area contributed by atoms with Crippen molar-refractivity contribution >= 4 is 47.1 Å². The van der Waals surface area contributed by atoms with Gasteiger partial charge in [-0.05, 0) is 89.2 Å². The molecule has 14 heteroatoms. The Balaban J connectivity index is 1.81. The van der Waals surface area contributed by atoms with Crippen molar-refractivity contribution < 1.29 is 48.5 Å². The minimum atomic E-state index is -1.36.